The lowest BCUT2D eigenvalue weighted by Gasteiger charge is -2.08. The van der Waals surface area contributed by atoms with E-state index in [1.165, 1.54) is 69.5 Å². The predicted molar refractivity (Wildman–Crippen MR) is 90.3 cm³/mol. The summed E-state index contributed by atoms with van der Waals surface area (Å²) in [5.41, 5.74) is 3.16. The Morgan fingerprint density at radius 2 is 1.26 bits per heavy atom. The molecule has 1 heteroatoms. The predicted octanol–water partition coefficient (Wildman–Crippen LogP) is 6.31. The lowest BCUT2D eigenvalue weighted by atomic mass is 9.98. The summed E-state index contributed by atoms with van der Waals surface area (Å²) < 4.78 is 0. The summed E-state index contributed by atoms with van der Waals surface area (Å²) in [5.74, 6) is 0. The monoisotopic (exact) mass is 324 g/mol. The lowest BCUT2D eigenvalue weighted by Crippen LogP contribution is -1.94. The van der Waals surface area contributed by atoms with Gasteiger partial charge in [-0.05, 0) is 36.8 Å². The average molecular weight is 325 g/mol. The maximum atomic E-state index is 3.49. The second-order valence-corrected chi connectivity index (χ2v) is 6.23. The zero-order chi connectivity index (χ0) is 13.8. The standard InChI is InChI=1S/C18H29Br/c1-2-12-17-14-9-10-15-18(17)13-8-6-4-3-5-7-11-16-19/h9-10,14-15H,2-8,11-13,16H2,1H3. The van der Waals surface area contributed by atoms with Crippen molar-refractivity contribution in [2.45, 2.75) is 71.1 Å². The van der Waals surface area contributed by atoms with Gasteiger partial charge in [0.1, 0.15) is 0 Å². The van der Waals surface area contributed by atoms with E-state index in [0.717, 1.165) is 0 Å². The quantitative estimate of drug-likeness (QED) is 0.330. The number of halogens is 1. The summed E-state index contributed by atoms with van der Waals surface area (Å²) in [6, 6.07) is 8.99. The summed E-state index contributed by atoms with van der Waals surface area (Å²) in [7, 11) is 0. The molecule has 0 aliphatic rings. The summed E-state index contributed by atoms with van der Waals surface area (Å²) >= 11 is 3.49. The van der Waals surface area contributed by atoms with E-state index < -0.39 is 0 Å². The van der Waals surface area contributed by atoms with Gasteiger partial charge in [0, 0.05) is 5.33 Å². The van der Waals surface area contributed by atoms with Crippen LogP contribution in [0.1, 0.15) is 69.4 Å². The highest BCUT2D eigenvalue weighted by atomic mass is 79.9. The van der Waals surface area contributed by atoms with Gasteiger partial charge in [0.25, 0.3) is 0 Å². The van der Waals surface area contributed by atoms with E-state index in [4.69, 9.17) is 0 Å². The molecule has 1 rings (SSSR count). The van der Waals surface area contributed by atoms with E-state index in [2.05, 4.69) is 47.1 Å². The van der Waals surface area contributed by atoms with Crippen molar-refractivity contribution in [2.24, 2.45) is 0 Å². The molecule has 0 bridgehead atoms. The maximum absolute atomic E-state index is 3.49. The minimum absolute atomic E-state index is 1.17. The highest BCUT2D eigenvalue weighted by Gasteiger charge is 2.00. The van der Waals surface area contributed by atoms with Crippen molar-refractivity contribution in [1.82, 2.24) is 0 Å². The van der Waals surface area contributed by atoms with Crippen molar-refractivity contribution in [3.8, 4) is 0 Å². The van der Waals surface area contributed by atoms with Gasteiger partial charge >= 0.3 is 0 Å². The normalized spacial score (nSPS) is 10.8. The Kier molecular flexibility index (Phi) is 10.2. The zero-order valence-corrected chi connectivity index (χ0v) is 14.1. The third-order valence-electron chi connectivity index (χ3n) is 3.72. The van der Waals surface area contributed by atoms with E-state index in [-0.39, 0.29) is 0 Å². The van der Waals surface area contributed by atoms with Crippen LogP contribution in [-0.2, 0) is 12.8 Å². The largest absolute Gasteiger partial charge is 0.0928 e. The third-order valence-corrected chi connectivity index (χ3v) is 4.28. The molecule has 0 unspecified atom stereocenters. The number of benzene rings is 1. The first kappa shape index (κ1) is 16.8. The second-order valence-electron chi connectivity index (χ2n) is 5.43. The maximum Gasteiger partial charge on any atom is 0.00313 e. The van der Waals surface area contributed by atoms with Crippen LogP contribution in [0.5, 0.6) is 0 Å². The number of rotatable bonds is 11. The molecule has 0 aromatic heterocycles. The smallest absolute Gasteiger partial charge is 0.00313 e. The van der Waals surface area contributed by atoms with Crippen molar-refractivity contribution in [1.29, 1.82) is 0 Å². The molecule has 0 fully saturated rings. The Hall–Kier alpha value is -0.300. The van der Waals surface area contributed by atoms with Gasteiger partial charge in [-0.3, -0.25) is 0 Å². The fourth-order valence-electron chi connectivity index (χ4n) is 2.61. The average Bonchev–Trinajstić information content (AvgIpc) is 2.44. The molecule has 0 aliphatic carbocycles. The molecule has 108 valence electrons. The molecular formula is C18H29Br. The van der Waals surface area contributed by atoms with E-state index in [1.54, 1.807) is 11.1 Å². The summed E-state index contributed by atoms with van der Waals surface area (Å²) in [6.07, 6.45) is 13.5. The van der Waals surface area contributed by atoms with Crippen molar-refractivity contribution in [3.63, 3.8) is 0 Å². The van der Waals surface area contributed by atoms with E-state index >= 15 is 0 Å². The van der Waals surface area contributed by atoms with Crippen molar-refractivity contribution >= 4 is 15.9 Å². The minimum Gasteiger partial charge on any atom is -0.0928 e. The first-order chi connectivity index (χ1) is 9.38. The number of hydrogen-bond donors (Lipinski definition) is 0. The van der Waals surface area contributed by atoms with Gasteiger partial charge in [-0.15, -0.1) is 0 Å². The van der Waals surface area contributed by atoms with Crippen LogP contribution in [0.2, 0.25) is 0 Å². The Morgan fingerprint density at radius 3 is 1.84 bits per heavy atom. The van der Waals surface area contributed by atoms with Gasteiger partial charge < -0.3 is 0 Å². The van der Waals surface area contributed by atoms with Crippen LogP contribution in [0.15, 0.2) is 24.3 Å². The molecule has 1 aromatic carbocycles. The molecular weight excluding hydrogens is 296 g/mol. The van der Waals surface area contributed by atoms with Crippen LogP contribution >= 0.6 is 15.9 Å². The van der Waals surface area contributed by atoms with Gasteiger partial charge in [-0.1, -0.05) is 85.6 Å². The molecule has 0 spiro atoms. The van der Waals surface area contributed by atoms with Crippen molar-refractivity contribution < 1.29 is 0 Å². The fourth-order valence-corrected chi connectivity index (χ4v) is 3.00. The summed E-state index contributed by atoms with van der Waals surface area (Å²) in [6.45, 7) is 2.27. The highest BCUT2D eigenvalue weighted by molar-refractivity contribution is 9.09. The summed E-state index contributed by atoms with van der Waals surface area (Å²) in [5, 5.41) is 1.17. The zero-order valence-electron chi connectivity index (χ0n) is 12.5. The SMILES string of the molecule is CCCc1ccccc1CCCCCCCCCBr. The molecule has 0 atom stereocenters. The molecule has 0 saturated carbocycles. The van der Waals surface area contributed by atoms with Gasteiger partial charge in [-0.25, -0.2) is 0 Å². The van der Waals surface area contributed by atoms with Crippen LogP contribution < -0.4 is 0 Å². The molecule has 19 heavy (non-hydrogen) atoms. The topological polar surface area (TPSA) is 0 Å². The molecule has 0 nitrogen and oxygen atoms in total. The van der Waals surface area contributed by atoms with E-state index in [1.807, 2.05) is 0 Å². The first-order valence-electron chi connectivity index (χ1n) is 8.01. The fraction of sp³-hybridized carbons (Fsp3) is 0.667. The van der Waals surface area contributed by atoms with Crippen LogP contribution in [0, 0.1) is 0 Å². The lowest BCUT2D eigenvalue weighted by molar-refractivity contribution is 0.590. The molecule has 0 amide bonds. The Morgan fingerprint density at radius 1 is 0.737 bits per heavy atom. The molecule has 0 heterocycles. The van der Waals surface area contributed by atoms with Crippen molar-refractivity contribution in [3.05, 3.63) is 35.4 Å². The molecule has 0 aliphatic heterocycles. The Labute approximate surface area is 128 Å². The van der Waals surface area contributed by atoms with Crippen LogP contribution in [0.3, 0.4) is 0 Å². The van der Waals surface area contributed by atoms with Crippen LogP contribution in [0.25, 0.3) is 0 Å². The molecule has 0 radical (unpaired) electrons. The van der Waals surface area contributed by atoms with E-state index in [0.29, 0.717) is 0 Å². The second kappa shape index (κ2) is 11.5. The minimum atomic E-state index is 1.17. The van der Waals surface area contributed by atoms with Gasteiger partial charge in [0.05, 0.1) is 0 Å². The first-order valence-corrected chi connectivity index (χ1v) is 9.13. The molecule has 0 N–H and O–H groups in total. The highest BCUT2D eigenvalue weighted by Crippen LogP contribution is 2.15. The molecule has 0 saturated heterocycles. The Balaban J connectivity index is 2.12. The number of alkyl halides is 1. The number of aryl methyl sites for hydroxylation is 2. The van der Waals surface area contributed by atoms with Crippen molar-refractivity contribution in [2.75, 3.05) is 5.33 Å². The van der Waals surface area contributed by atoms with Gasteiger partial charge in [-0.2, -0.15) is 0 Å². The number of unbranched alkanes of at least 4 members (excludes halogenated alkanes) is 6. The van der Waals surface area contributed by atoms with Crippen LogP contribution in [0.4, 0.5) is 0 Å². The third kappa shape index (κ3) is 7.77. The Bertz CT molecular complexity index is 319. The van der Waals surface area contributed by atoms with E-state index in [9.17, 15) is 0 Å². The van der Waals surface area contributed by atoms with Crippen LogP contribution in [-0.4, -0.2) is 5.33 Å². The summed E-state index contributed by atoms with van der Waals surface area (Å²) in [4.78, 5) is 0. The van der Waals surface area contributed by atoms with Gasteiger partial charge in [0.2, 0.25) is 0 Å². The van der Waals surface area contributed by atoms with Gasteiger partial charge in [0.15, 0.2) is 0 Å². The molecule has 1 aromatic rings. The number of hydrogen-bond acceptors (Lipinski definition) is 0.